The van der Waals surface area contributed by atoms with Gasteiger partial charge < -0.3 is 35.3 Å². The van der Waals surface area contributed by atoms with E-state index in [9.17, 15) is 9.59 Å². The number of anilines is 1. The number of benzene rings is 1. The average Bonchev–Trinajstić information content (AvgIpc) is 3.22. The van der Waals surface area contributed by atoms with Gasteiger partial charge in [0.05, 0.1) is 31.9 Å². The number of esters is 1. The zero-order valence-corrected chi connectivity index (χ0v) is 15.5. The molecule has 0 aromatic heterocycles. The van der Waals surface area contributed by atoms with Crippen LogP contribution in [-0.4, -0.2) is 68.3 Å². The summed E-state index contributed by atoms with van der Waals surface area (Å²) in [6, 6.07) is 6.65. The minimum Gasteiger partial charge on any atom is -0.465 e. The maximum Gasteiger partial charge on any atom is 0.337 e. The van der Waals surface area contributed by atoms with Crippen molar-refractivity contribution in [3.05, 3.63) is 29.8 Å². The minimum atomic E-state index is -0.536. The van der Waals surface area contributed by atoms with Gasteiger partial charge in [0.1, 0.15) is 24.9 Å². The Labute approximate surface area is 161 Å². The van der Waals surface area contributed by atoms with Crippen molar-refractivity contribution < 1.29 is 28.5 Å². The van der Waals surface area contributed by atoms with Crippen LogP contribution in [0.2, 0.25) is 0 Å². The number of amides is 1. The molecule has 2 fully saturated rings. The van der Waals surface area contributed by atoms with E-state index in [0.29, 0.717) is 29.6 Å². The van der Waals surface area contributed by atoms with Crippen LogP contribution in [0.25, 0.3) is 0 Å². The monoisotopic (exact) mass is 395 g/mol. The fraction of sp³-hybridized carbons (Fsp3) is 0.471. The predicted molar refractivity (Wildman–Crippen MR) is 99.3 cm³/mol. The number of rotatable bonds is 6. The molecule has 2 aliphatic rings. The highest BCUT2D eigenvalue weighted by molar-refractivity contribution is 7.80. The Kier molecular flexibility index (Phi) is 6.22. The summed E-state index contributed by atoms with van der Waals surface area (Å²) >= 11 is 5.34. The van der Waals surface area contributed by atoms with E-state index in [1.54, 1.807) is 24.3 Å². The van der Waals surface area contributed by atoms with Gasteiger partial charge in [-0.1, -0.05) is 6.07 Å². The molecule has 146 valence electrons. The van der Waals surface area contributed by atoms with Gasteiger partial charge in [-0.3, -0.25) is 4.79 Å². The first-order valence-electron chi connectivity index (χ1n) is 8.37. The van der Waals surface area contributed by atoms with Crippen LogP contribution in [0.1, 0.15) is 10.4 Å². The van der Waals surface area contributed by atoms with Crippen LogP contribution in [0.4, 0.5) is 5.69 Å². The molecule has 2 saturated heterocycles. The summed E-state index contributed by atoms with van der Waals surface area (Å²) in [6.45, 7) is 0.535. The fourth-order valence-electron chi connectivity index (χ4n) is 3.10. The molecule has 1 amide bonds. The first kappa shape index (κ1) is 19.5. The van der Waals surface area contributed by atoms with Crippen molar-refractivity contribution >= 4 is 34.9 Å². The van der Waals surface area contributed by atoms with Crippen molar-refractivity contribution in [1.29, 1.82) is 0 Å². The van der Waals surface area contributed by atoms with Gasteiger partial charge in [0.25, 0.3) is 0 Å². The number of hydrogen-bond acceptors (Lipinski definition) is 7. The molecule has 4 N–H and O–H groups in total. The molecule has 1 aromatic carbocycles. The Hall–Kier alpha value is -2.27. The number of methoxy groups -OCH3 is 1. The lowest BCUT2D eigenvalue weighted by atomic mass is 10.1. The number of carbonyl (C=O) groups is 2. The smallest absolute Gasteiger partial charge is 0.337 e. The summed E-state index contributed by atoms with van der Waals surface area (Å²) in [5.41, 5.74) is 6.17. The quantitative estimate of drug-likeness (QED) is 0.444. The topological polar surface area (TPSA) is 121 Å². The van der Waals surface area contributed by atoms with Crippen molar-refractivity contribution in [3.8, 4) is 0 Å². The van der Waals surface area contributed by atoms with E-state index in [1.165, 1.54) is 7.11 Å². The third kappa shape index (κ3) is 4.72. The van der Waals surface area contributed by atoms with Crippen molar-refractivity contribution in [2.75, 3.05) is 32.2 Å². The number of thiocarbonyl (C=S) groups is 1. The summed E-state index contributed by atoms with van der Waals surface area (Å²) in [5, 5.41) is 6.55. The van der Waals surface area contributed by atoms with E-state index < -0.39 is 11.9 Å². The van der Waals surface area contributed by atoms with Crippen LogP contribution < -0.4 is 16.4 Å². The van der Waals surface area contributed by atoms with Crippen molar-refractivity contribution in [2.24, 2.45) is 5.73 Å². The summed E-state index contributed by atoms with van der Waals surface area (Å²) in [5.74, 6) is -0.961. The number of primary amides is 1. The number of carbonyl (C=O) groups excluding carboxylic acids is 2. The van der Waals surface area contributed by atoms with Gasteiger partial charge in [-0.2, -0.15) is 0 Å². The summed E-state index contributed by atoms with van der Waals surface area (Å²) in [7, 11) is 1.33. The van der Waals surface area contributed by atoms with E-state index in [0.717, 1.165) is 0 Å². The first-order chi connectivity index (χ1) is 13.0. The molecule has 10 heteroatoms. The van der Waals surface area contributed by atoms with Crippen LogP contribution in [0.5, 0.6) is 0 Å². The van der Waals surface area contributed by atoms with Gasteiger partial charge in [-0.25, -0.2) is 4.79 Å². The van der Waals surface area contributed by atoms with Crippen LogP contribution in [0, 0.1) is 0 Å². The molecule has 27 heavy (non-hydrogen) atoms. The number of nitrogens with one attached hydrogen (secondary N) is 2. The second kappa shape index (κ2) is 8.61. The Bertz CT molecular complexity index is 730. The van der Waals surface area contributed by atoms with Gasteiger partial charge in [-0.15, -0.1) is 0 Å². The summed E-state index contributed by atoms with van der Waals surface area (Å²) in [6.07, 6.45) is -0.871. The molecular weight excluding hydrogens is 374 g/mol. The number of fused-ring (bicyclic) bond motifs is 1. The third-order valence-corrected chi connectivity index (χ3v) is 4.53. The minimum absolute atomic E-state index is 0.166. The molecule has 0 unspecified atom stereocenters. The fourth-order valence-corrected chi connectivity index (χ4v) is 3.37. The summed E-state index contributed by atoms with van der Waals surface area (Å²) < 4.78 is 21.6. The molecule has 1 aromatic rings. The SMILES string of the molecule is COC(=O)c1cccc(NC(=S)N[C@H]2CO[C@H]3[C@@H]2OC[C@H]3OCC(N)=O)c1. The second-order valence-corrected chi connectivity index (χ2v) is 6.60. The lowest BCUT2D eigenvalue weighted by Crippen LogP contribution is -2.46. The van der Waals surface area contributed by atoms with Crippen molar-refractivity contribution in [3.63, 3.8) is 0 Å². The predicted octanol–water partition coefficient (Wildman–Crippen LogP) is -0.204. The van der Waals surface area contributed by atoms with Gasteiger partial charge in [0.2, 0.25) is 5.91 Å². The van der Waals surface area contributed by atoms with Crippen LogP contribution in [0.3, 0.4) is 0 Å². The molecule has 0 bridgehead atoms. The van der Waals surface area contributed by atoms with Gasteiger partial charge in [-0.05, 0) is 30.4 Å². The van der Waals surface area contributed by atoms with Crippen LogP contribution in [-0.2, 0) is 23.7 Å². The normalized spacial score (nSPS) is 26.3. The molecule has 0 spiro atoms. The van der Waals surface area contributed by atoms with E-state index >= 15 is 0 Å². The van der Waals surface area contributed by atoms with Crippen molar-refractivity contribution in [1.82, 2.24) is 5.32 Å². The molecule has 3 rings (SSSR count). The number of nitrogens with two attached hydrogens (primary N) is 1. The lowest BCUT2D eigenvalue weighted by Gasteiger charge is -2.20. The lowest BCUT2D eigenvalue weighted by molar-refractivity contribution is -0.126. The standard InChI is InChI=1S/C17H21N3O6S/c1-23-16(22)9-3-2-4-10(5-9)19-17(27)20-11-6-25-15-12(7-26-14(11)15)24-8-13(18)21/h2-5,11-12,14-15H,6-8H2,1H3,(H2,18,21)(H2,19,20,27)/t11-,12+,14+,15+/m0/s1. The molecule has 0 radical (unpaired) electrons. The zero-order chi connectivity index (χ0) is 19.4. The molecule has 2 heterocycles. The average molecular weight is 395 g/mol. The molecule has 0 saturated carbocycles. The maximum absolute atomic E-state index is 11.6. The van der Waals surface area contributed by atoms with E-state index in [4.69, 9.17) is 36.9 Å². The van der Waals surface area contributed by atoms with E-state index in [2.05, 4.69) is 10.6 Å². The Morgan fingerprint density at radius 3 is 2.81 bits per heavy atom. The van der Waals surface area contributed by atoms with Crippen LogP contribution in [0.15, 0.2) is 24.3 Å². The highest BCUT2D eigenvalue weighted by atomic mass is 32.1. The van der Waals surface area contributed by atoms with Gasteiger partial charge in [0, 0.05) is 5.69 Å². The van der Waals surface area contributed by atoms with E-state index in [-0.39, 0.29) is 31.0 Å². The molecular formula is C17H21N3O6S. The molecule has 2 aliphatic heterocycles. The highest BCUT2D eigenvalue weighted by Gasteiger charge is 2.48. The zero-order valence-electron chi connectivity index (χ0n) is 14.7. The molecule has 0 aliphatic carbocycles. The van der Waals surface area contributed by atoms with Crippen molar-refractivity contribution in [2.45, 2.75) is 24.4 Å². The van der Waals surface area contributed by atoms with Gasteiger partial charge >= 0.3 is 5.97 Å². The molecule has 9 nitrogen and oxygen atoms in total. The van der Waals surface area contributed by atoms with Crippen LogP contribution >= 0.6 is 12.2 Å². The summed E-state index contributed by atoms with van der Waals surface area (Å²) in [4.78, 5) is 22.5. The highest BCUT2D eigenvalue weighted by Crippen LogP contribution is 2.29. The largest absolute Gasteiger partial charge is 0.465 e. The van der Waals surface area contributed by atoms with E-state index in [1.807, 2.05) is 0 Å². The third-order valence-electron chi connectivity index (χ3n) is 4.31. The Balaban J connectivity index is 1.53. The maximum atomic E-state index is 11.6. The molecule has 4 atom stereocenters. The number of hydrogen-bond donors (Lipinski definition) is 3. The second-order valence-electron chi connectivity index (χ2n) is 6.19. The van der Waals surface area contributed by atoms with Gasteiger partial charge in [0.15, 0.2) is 5.11 Å². The number of ether oxygens (including phenoxy) is 4. The Morgan fingerprint density at radius 2 is 2.07 bits per heavy atom. The Morgan fingerprint density at radius 1 is 1.30 bits per heavy atom. The first-order valence-corrected chi connectivity index (χ1v) is 8.77.